The van der Waals surface area contributed by atoms with Crippen molar-refractivity contribution in [2.45, 2.75) is 0 Å². The van der Waals surface area contributed by atoms with Crippen molar-refractivity contribution in [1.29, 1.82) is 0 Å². The minimum Gasteiger partial charge on any atom is -0.394 e. The Hall–Kier alpha value is -2.17. The zero-order valence-corrected chi connectivity index (χ0v) is 8.64. The van der Waals surface area contributed by atoms with Crippen molar-refractivity contribution in [2.75, 3.05) is 5.73 Å². The molecule has 2 N–H and O–H groups in total. The summed E-state index contributed by atoms with van der Waals surface area (Å²) in [5, 5.41) is 3.81. The topological polar surface area (TPSA) is 60.9 Å². The Balaban J connectivity index is 2.71. The van der Waals surface area contributed by atoms with Gasteiger partial charge in [0.25, 0.3) is 5.56 Å². The summed E-state index contributed by atoms with van der Waals surface area (Å²) in [6.45, 7) is 0. The van der Waals surface area contributed by atoms with E-state index in [9.17, 15) is 9.18 Å². The first-order chi connectivity index (χ1) is 7.61. The van der Waals surface area contributed by atoms with Crippen LogP contribution >= 0.6 is 0 Å². The SMILES string of the molecule is Cn1ncc(-c2ccccc2F)c(N)c1=O. The summed E-state index contributed by atoms with van der Waals surface area (Å²) in [5.74, 6) is -0.427. The Morgan fingerprint density at radius 2 is 2.00 bits per heavy atom. The molecule has 0 radical (unpaired) electrons. The minimum absolute atomic E-state index is 0.00241. The minimum atomic E-state index is -0.430. The van der Waals surface area contributed by atoms with E-state index >= 15 is 0 Å². The van der Waals surface area contributed by atoms with Crippen LogP contribution in [0.2, 0.25) is 0 Å². The molecule has 0 aliphatic carbocycles. The second-order valence-corrected chi connectivity index (χ2v) is 3.38. The molecule has 0 bridgehead atoms. The van der Waals surface area contributed by atoms with Crippen LogP contribution in [-0.2, 0) is 7.05 Å². The molecular weight excluding hydrogens is 209 g/mol. The number of hydrogen-bond donors (Lipinski definition) is 1. The lowest BCUT2D eigenvalue weighted by atomic mass is 10.1. The van der Waals surface area contributed by atoms with Gasteiger partial charge in [-0.05, 0) is 6.07 Å². The highest BCUT2D eigenvalue weighted by atomic mass is 19.1. The van der Waals surface area contributed by atoms with Gasteiger partial charge in [-0.3, -0.25) is 4.79 Å². The largest absolute Gasteiger partial charge is 0.394 e. The molecule has 16 heavy (non-hydrogen) atoms. The van der Waals surface area contributed by atoms with Gasteiger partial charge in [0.1, 0.15) is 11.5 Å². The number of nitrogens with zero attached hydrogens (tertiary/aromatic N) is 2. The highest BCUT2D eigenvalue weighted by Crippen LogP contribution is 2.24. The molecule has 0 atom stereocenters. The number of nitrogens with two attached hydrogens (primary N) is 1. The number of nitrogen functional groups attached to an aromatic ring is 1. The van der Waals surface area contributed by atoms with Crippen molar-refractivity contribution < 1.29 is 4.39 Å². The Kier molecular flexibility index (Phi) is 2.44. The van der Waals surface area contributed by atoms with E-state index in [1.165, 1.54) is 19.3 Å². The molecule has 0 fully saturated rings. The molecule has 0 unspecified atom stereocenters. The van der Waals surface area contributed by atoms with Crippen molar-refractivity contribution in [3.8, 4) is 11.1 Å². The maximum atomic E-state index is 13.5. The highest BCUT2D eigenvalue weighted by Gasteiger charge is 2.11. The monoisotopic (exact) mass is 219 g/mol. The predicted molar refractivity (Wildman–Crippen MR) is 59.3 cm³/mol. The third-order valence-corrected chi connectivity index (χ3v) is 2.34. The molecule has 0 amide bonds. The second-order valence-electron chi connectivity index (χ2n) is 3.38. The van der Waals surface area contributed by atoms with Crippen LogP contribution in [0, 0.1) is 5.82 Å². The summed E-state index contributed by atoms with van der Waals surface area (Å²) in [6, 6.07) is 6.12. The molecule has 0 aliphatic heterocycles. The van der Waals surface area contributed by atoms with Gasteiger partial charge in [-0.2, -0.15) is 5.10 Å². The lowest BCUT2D eigenvalue weighted by Crippen LogP contribution is -2.23. The van der Waals surface area contributed by atoms with E-state index in [2.05, 4.69) is 5.10 Å². The van der Waals surface area contributed by atoms with Gasteiger partial charge in [-0.25, -0.2) is 9.07 Å². The summed E-state index contributed by atoms with van der Waals surface area (Å²) in [6.07, 6.45) is 1.38. The number of aromatic nitrogens is 2. The molecule has 0 aliphatic rings. The van der Waals surface area contributed by atoms with E-state index in [4.69, 9.17) is 5.73 Å². The Morgan fingerprint density at radius 3 is 2.69 bits per heavy atom. The van der Waals surface area contributed by atoms with Gasteiger partial charge in [0.2, 0.25) is 0 Å². The van der Waals surface area contributed by atoms with E-state index in [0.29, 0.717) is 5.56 Å². The summed E-state index contributed by atoms with van der Waals surface area (Å²) in [5.41, 5.74) is 5.82. The van der Waals surface area contributed by atoms with Gasteiger partial charge in [-0.1, -0.05) is 18.2 Å². The van der Waals surface area contributed by atoms with Crippen LogP contribution in [0.5, 0.6) is 0 Å². The molecule has 2 rings (SSSR count). The number of halogens is 1. The molecule has 5 heteroatoms. The lowest BCUT2D eigenvalue weighted by molar-refractivity contribution is 0.630. The third kappa shape index (κ3) is 1.56. The Morgan fingerprint density at radius 1 is 1.31 bits per heavy atom. The number of aryl methyl sites for hydroxylation is 1. The van der Waals surface area contributed by atoms with E-state index in [1.807, 2.05) is 0 Å². The van der Waals surface area contributed by atoms with Crippen LogP contribution in [0.3, 0.4) is 0 Å². The van der Waals surface area contributed by atoms with Gasteiger partial charge >= 0.3 is 0 Å². The van der Waals surface area contributed by atoms with Crippen LogP contribution in [0.15, 0.2) is 35.3 Å². The van der Waals surface area contributed by atoms with E-state index in [1.54, 1.807) is 18.2 Å². The third-order valence-electron chi connectivity index (χ3n) is 2.34. The predicted octanol–water partition coefficient (Wildman–Crippen LogP) is 1.17. The zero-order chi connectivity index (χ0) is 11.7. The molecule has 0 spiro atoms. The fourth-order valence-corrected chi connectivity index (χ4v) is 1.45. The van der Waals surface area contributed by atoms with Crippen LogP contribution < -0.4 is 11.3 Å². The smallest absolute Gasteiger partial charge is 0.290 e. The molecule has 4 nitrogen and oxygen atoms in total. The van der Waals surface area contributed by atoms with Crippen molar-refractivity contribution in [2.24, 2.45) is 7.05 Å². The summed E-state index contributed by atoms with van der Waals surface area (Å²) in [4.78, 5) is 11.5. The summed E-state index contributed by atoms with van der Waals surface area (Å²) in [7, 11) is 1.49. The first-order valence-corrected chi connectivity index (χ1v) is 4.68. The molecule has 0 saturated heterocycles. The summed E-state index contributed by atoms with van der Waals surface area (Å²) < 4.78 is 14.6. The Labute approximate surface area is 91.1 Å². The number of anilines is 1. The van der Waals surface area contributed by atoms with Crippen molar-refractivity contribution in [1.82, 2.24) is 9.78 Å². The van der Waals surface area contributed by atoms with Crippen LogP contribution in [0.4, 0.5) is 10.1 Å². The molecule has 1 aromatic heterocycles. The van der Waals surface area contributed by atoms with E-state index in [0.717, 1.165) is 4.68 Å². The molecular formula is C11H10FN3O. The summed E-state index contributed by atoms with van der Waals surface area (Å²) >= 11 is 0. The molecule has 0 saturated carbocycles. The number of benzene rings is 1. The van der Waals surface area contributed by atoms with Gasteiger partial charge in [0.05, 0.1) is 6.20 Å². The molecule has 82 valence electrons. The van der Waals surface area contributed by atoms with Crippen LogP contribution in [0.25, 0.3) is 11.1 Å². The first-order valence-electron chi connectivity index (χ1n) is 4.68. The maximum Gasteiger partial charge on any atom is 0.290 e. The fraction of sp³-hybridized carbons (Fsp3) is 0.0909. The Bertz CT molecular complexity index is 592. The van der Waals surface area contributed by atoms with E-state index in [-0.39, 0.29) is 11.3 Å². The van der Waals surface area contributed by atoms with Crippen molar-refractivity contribution in [3.05, 3.63) is 46.6 Å². The maximum absolute atomic E-state index is 13.5. The molecule has 1 aromatic carbocycles. The van der Waals surface area contributed by atoms with Crippen molar-refractivity contribution in [3.63, 3.8) is 0 Å². The van der Waals surface area contributed by atoms with E-state index < -0.39 is 11.4 Å². The van der Waals surface area contributed by atoms with Gasteiger partial charge < -0.3 is 5.73 Å². The van der Waals surface area contributed by atoms with Gasteiger partial charge in [0, 0.05) is 18.2 Å². The number of rotatable bonds is 1. The van der Waals surface area contributed by atoms with Gasteiger partial charge in [-0.15, -0.1) is 0 Å². The average molecular weight is 219 g/mol. The molecule has 2 aromatic rings. The van der Waals surface area contributed by atoms with Crippen LogP contribution in [-0.4, -0.2) is 9.78 Å². The average Bonchev–Trinajstić information content (AvgIpc) is 2.28. The lowest BCUT2D eigenvalue weighted by Gasteiger charge is -2.06. The quantitative estimate of drug-likeness (QED) is 0.783. The molecule has 1 heterocycles. The fourth-order valence-electron chi connectivity index (χ4n) is 1.45. The van der Waals surface area contributed by atoms with Gasteiger partial charge in [0.15, 0.2) is 0 Å². The van der Waals surface area contributed by atoms with Crippen LogP contribution in [0.1, 0.15) is 0 Å². The first kappa shape index (κ1) is 10.4. The second kappa shape index (κ2) is 3.77. The standard InChI is InChI=1S/C11H10FN3O/c1-15-11(16)10(13)8(6-14-15)7-4-2-3-5-9(7)12/h2-6H,13H2,1H3. The normalized spacial score (nSPS) is 10.4. The highest BCUT2D eigenvalue weighted by molar-refractivity contribution is 5.74. The number of hydrogen-bond acceptors (Lipinski definition) is 3. The van der Waals surface area contributed by atoms with Crippen molar-refractivity contribution >= 4 is 5.69 Å². The zero-order valence-electron chi connectivity index (χ0n) is 8.64.